The van der Waals surface area contributed by atoms with Gasteiger partial charge in [0.15, 0.2) is 0 Å². The van der Waals surface area contributed by atoms with Gasteiger partial charge in [0, 0.05) is 45.8 Å². The maximum Gasteiger partial charge on any atom is 0.227 e. The van der Waals surface area contributed by atoms with Crippen LogP contribution in [0.3, 0.4) is 0 Å². The van der Waals surface area contributed by atoms with Crippen LogP contribution in [-0.2, 0) is 18.4 Å². The Bertz CT molecular complexity index is 1150. The first-order chi connectivity index (χ1) is 16.0. The first kappa shape index (κ1) is 21.8. The lowest BCUT2D eigenvalue weighted by Crippen LogP contribution is -2.52. The number of piperidine rings is 1. The van der Waals surface area contributed by atoms with Crippen molar-refractivity contribution in [1.29, 1.82) is 0 Å². The van der Waals surface area contributed by atoms with Gasteiger partial charge in [-0.1, -0.05) is 12.1 Å². The van der Waals surface area contributed by atoms with Gasteiger partial charge >= 0.3 is 0 Å². The van der Waals surface area contributed by atoms with Crippen LogP contribution in [0.25, 0.3) is 11.0 Å². The summed E-state index contributed by atoms with van der Waals surface area (Å²) in [6.45, 7) is 4.62. The molecule has 3 aromatic rings. The van der Waals surface area contributed by atoms with Crippen molar-refractivity contribution >= 4 is 22.6 Å². The number of likely N-dealkylation sites (tertiary alicyclic amines) is 1. The number of hydrogen-bond donors (Lipinski definition) is 0. The summed E-state index contributed by atoms with van der Waals surface area (Å²) in [6, 6.07) is 11.8. The number of aryl methyl sites for hydroxylation is 1. The fourth-order valence-electron chi connectivity index (χ4n) is 5.10. The summed E-state index contributed by atoms with van der Waals surface area (Å²) >= 11 is 0. The highest BCUT2D eigenvalue weighted by Crippen LogP contribution is 2.25. The second-order valence-electron chi connectivity index (χ2n) is 9.06. The predicted molar refractivity (Wildman–Crippen MR) is 124 cm³/mol. The summed E-state index contributed by atoms with van der Waals surface area (Å²) in [5.41, 5.74) is 2.51. The van der Waals surface area contributed by atoms with E-state index in [-0.39, 0.29) is 11.8 Å². The molecule has 1 atom stereocenters. The van der Waals surface area contributed by atoms with Crippen LogP contribution < -0.4 is 4.90 Å². The zero-order chi connectivity index (χ0) is 22.9. The average molecular weight is 454 g/mol. The van der Waals surface area contributed by atoms with Crippen LogP contribution in [0.1, 0.15) is 18.7 Å². The van der Waals surface area contributed by atoms with Gasteiger partial charge in [0.25, 0.3) is 0 Å². The number of nitrogens with zero attached hydrogens (tertiary/aromatic N) is 5. The summed E-state index contributed by atoms with van der Waals surface area (Å²) in [5.74, 6) is 0.0379. The number of aromatic nitrogens is 2. The Morgan fingerprint density at radius 1 is 1.06 bits per heavy atom. The molecular formula is C25H29F2N5O. The van der Waals surface area contributed by atoms with E-state index in [0.717, 1.165) is 55.4 Å². The number of carbonyl (C=O) groups excluding carboxylic acids is 1. The molecule has 2 saturated heterocycles. The van der Waals surface area contributed by atoms with E-state index in [1.807, 2.05) is 35.0 Å². The standard InChI is InChI=1S/C25H29F2N5O/c1-29-23-7-3-2-6-21(23)28-24(29)17-30-10-4-5-18(16-30)25(33)32-13-11-31(12-14-32)22-9-8-19(26)15-20(22)27/h2-3,6-9,15,18H,4-5,10-14,16-17H2,1H3/t18-/m1/s1. The number of hydrogen-bond acceptors (Lipinski definition) is 4. The molecule has 0 unspecified atom stereocenters. The van der Waals surface area contributed by atoms with Crippen LogP contribution in [-0.4, -0.2) is 64.5 Å². The van der Waals surface area contributed by atoms with Crippen molar-refractivity contribution in [2.75, 3.05) is 44.2 Å². The molecule has 0 aliphatic carbocycles. The summed E-state index contributed by atoms with van der Waals surface area (Å²) in [6.07, 6.45) is 1.88. The van der Waals surface area contributed by atoms with Crippen molar-refractivity contribution in [3.8, 4) is 0 Å². The van der Waals surface area contributed by atoms with E-state index >= 15 is 0 Å². The molecule has 1 aromatic heterocycles. The van der Waals surface area contributed by atoms with Gasteiger partial charge in [0.1, 0.15) is 17.5 Å². The molecule has 2 fully saturated rings. The maximum absolute atomic E-state index is 14.1. The van der Waals surface area contributed by atoms with Gasteiger partial charge in [-0.25, -0.2) is 13.8 Å². The second-order valence-corrected chi connectivity index (χ2v) is 9.06. The van der Waals surface area contributed by atoms with E-state index in [2.05, 4.69) is 15.5 Å². The van der Waals surface area contributed by atoms with Crippen molar-refractivity contribution in [3.05, 3.63) is 59.9 Å². The minimum absolute atomic E-state index is 0.0254. The highest BCUT2D eigenvalue weighted by Gasteiger charge is 2.32. The van der Waals surface area contributed by atoms with Crippen molar-refractivity contribution in [3.63, 3.8) is 0 Å². The lowest BCUT2D eigenvalue weighted by atomic mass is 9.96. The molecule has 5 rings (SSSR count). The molecule has 2 aliphatic heterocycles. The van der Waals surface area contributed by atoms with E-state index in [1.165, 1.54) is 12.1 Å². The molecule has 0 bridgehead atoms. The number of amides is 1. The van der Waals surface area contributed by atoms with Gasteiger partial charge in [-0.15, -0.1) is 0 Å². The van der Waals surface area contributed by atoms with Crippen LogP contribution in [0.2, 0.25) is 0 Å². The first-order valence-corrected chi connectivity index (χ1v) is 11.6. The van der Waals surface area contributed by atoms with Gasteiger partial charge in [-0.2, -0.15) is 0 Å². The molecule has 1 amide bonds. The average Bonchev–Trinajstić information content (AvgIpc) is 3.14. The van der Waals surface area contributed by atoms with Gasteiger partial charge in [0.05, 0.1) is 29.2 Å². The van der Waals surface area contributed by atoms with Gasteiger partial charge in [-0.05, 0) is 43.7 Å². The predicted octanol–water partition coefficient (Wildman–Crippen LogP) is 3.41. The fourth-order valence-corrected chi connectivity index (χ4v) is 5.10. The molecule has 0 radical (unpaired) electrons. The van der Waals surface area contributed by atoms with Crippen LogP contribution in [0.5, 0.6) is 0 Å². The van der Waals surface area contributed by atoms with Crippen LogP contribution >= 0.6 is 0 Å². The number of rotatable bonds is 4. The Morgan fingerprint density at radius 3 is 2.61 bits per heavy atom. The quantitative estimate of drug-likeness (QED) is 0.607. The highest BCUT2D eigenvalue weighted by molar-refractivity contribution is 5.79. The van der Waals surface area contributed by atoms with Crippen LogP contribution in [0.15, 0.2) is 42.5 Å². The molecule has 0 saturated carbocycles. The van der Waals surface area contributed by atoms with Crippen molar-refractivity contribution in [2.45, 2.75) is 19.4 Å². The summed E-state index contributed by atoms with van der Waals surface area (Å²) in [4.78, 5) is 24.2. The lowest BCUT2D eigenvalue weighted by molar-refractivity contribution is -0.137. The molecule has 2 aliphatic rings. The third kappa shape index (κ3) is 4.44. The van der Waals surface area contributed by atoms with Crippen LogP contribution in [0, 0.1) is 17.6 Å². The summed E-state index contributed by atoms with van der Waals surface area (Å²) in [5, 5.41) is 0. The lowest BCUT2D eigenvalue weighted by Gasteiger charge is -2.39. The number of imidazole rings is 1. The number of para-hydroxylation sites is 2. The second kappa shape index (κ2) is 9.09. The molecule has 6 nitrogen and oxygen atoms in total. The van der Waals surface area contributed by atoms with Crippen LogP contribution in [0.4, 0.5) is 14.5 Å². The van der Waals surface area contributed by atoms with Gasteiger partial charge < -0.3 is 14.4 Å². The molecular weight excluding hydrogens is 424 g/mol. The number of anilines is 1. The number of carbonyl (C=O) groups is 1. The zero-order valence-electron chi connectivity index (χ0n) is 18.9. The minimum Gasteiger partial charge on any atom is -0.366 e. The Morgan fingerprint density at radius 2 is 1.85 bits per heavy atom. The summed E-state index contributed by atoms with van der Waals surface area (Å²) in [7, 11) is 2.04. The smallest absolute Gasteiger partial charge is 0.227 e. The number of benzene rings is 2. The number of fused-ring (bicyclic) bond motifs is 1. The van der Waals surface area contributed by atoms with Crippen molar-refractivity contribution < 1.29 is 13.6 Å². The Hall–Kier alpha value is -3.00. The Kier molecular flexibility index (Phi) is 6.01. The molecule has 8 heteroatoms. The van der Waals surface area contributed by atoms with E-state index < -0.39 is 11.6 Å². The molecule has 0 N–H and O–H groups in total. The third-order valence-corrected chi connectivity index (χ3v) is 6.94. The van der Waals surface area contributed by atoms with E-state index in [0.29, 0.717) is 31.9 Å². The van der Waals surface area contributed by atoms with Crippen molar-refractivity contribution in [1.82, 2.24) is 19.4 Å². The third-order valence-electron chi connectivity index (χ3n) is 6.94. The SMILES string of the molecule is Cn1c(CN2CCC[C@@H](C(=O)N3CCN(c4ccc(F)cc4F)CC3)C2)nc2ccccc21. The summed E-state index contributed by atoms with van der Waals surface area (Å²) < 4.78 is 29.5. The van der Waals surface area contributed by atoms with E-state index in [1.54, 1.807) is 0 Å². The maximum atomic E-state index is 14.1. The monoisotopic (exact) mass is 453 g/mol. The van der Waals surface area contributed by atoms with E-state index in [4.69, 9.17) is 4.98 Å². The first-order valence-electron chi connectivity index (χ1n) is 11.6. The number of halogens is 2. The van der Waals surface area contributed by atoms with Crippen molar-refractivity contribution in [2.24, 2.45) is 13.0 Å². The number of piperazine rings is 1. The molecule has 3 heterocycles. The van der Waals surface area contributed by atoms with Gasteiger partial charge in [-0.3, -0.25) is 9.69 Å². The van der Waals surface area contributed by atoms with Gasteiger partial charge in [0.2, 0.25) is 5.91 Å². The zero-order valence-corrected chi connectivity index (χ0v) is 18.9. The fraction of sp³-hybridized carbons (Fsp3) is 0.440. The molecule has 2 aromatic carbocycles. The minimum atomic E-state index is -0.578. The van der Waals surface area contributed by atoms with E-state index in [9.17, 15) is 13.6 Å². The molecule has 0 spiro atoms. The normalized spacial score (nSPS) is 19.9. The largest absolute Gasteiger partial charge is 0.366 e. The molecule has 174 valence electrons. The Balaban J connectivity index is 1.19. The molecule has 33 heavy (non-hydrogen) atoms. The topological polar surface area (TPSA) is 44.6 Å². The highest BCUT2D eigenvalue weighted by atomic mass is 19.1. The Labute approximate surface area is 192 Å².